The maximum absolute atomic E-state index is 13.0. The van der Waals surface area contributed by atoms with Gasteiger partial charge in [-0.2, -0.15) is 0 Å². The second kappa shape index (κ2) is 5.46. The summed E-state index contributed by atoms with van der Waals surface area (Å²) in [5.74, 6) is 0.111. The highest BCUT2D eigenvalue weighted by Gasteiger charge is 2.60. The van der Waals surface area contributed by atoms with Crippen LogP contribution in [0.4, 0.5) is 5.69 Å². The van der Waals surface area contributed by atoms with Gasteiger partial charge in [-0.3, -0.25) is 9.80 Å². The van der Waals surface area contributed by atoms with E-state index in [4.69, 9.17) is 11.6 Å². The minimum Gasteiger partial charge on any atom is -0.383 e. The minimum absolute atomic E-state index is 0.0268. The molecule has 3 aliphatic rings. The van der Waals surface area contributed by atoms with Crippen molar-refractivity contribution in [3.63, 3.8) is 0 Å². The lowest BCUT2D eigenvalue weighted by Gasteiger charge is -2.42. The molecule has 5 nitrogen and oxygen atoms in total. The van der Waals surface area contributed by atoms with Crippen molar-refractivity contribution in [2.45, 2.75) is 32.4 Å². The van der Waals surface area contributed by atoms with Crippen molar-refractivity contribution >= 4 is 23.1 Å². The molecule has 4 rings (SSSR count). The first-order chi connectivity index (χ1) is 11.6. The Morgan fingerprint density at radius 3 is 3.00 bits per heavy atom. The number of hydrogen-bond acceptors (Lipinski definition) is 5. The Hall–Kier alpha value is -2.11. The Morgan fingerprint density at radius 2 is 2.25 bits per heavy atom. The zero-order valence-electron chi connectivity index (χ0n) is 13.6. The number of hydrazine groups is 1. The van der Waals surface area contributed by atoms with Gasteiger partial charge in [0.2, 0.25) is 0 Å². The fourth-order valence-electron chi connectivity index (χ4n) is 3.99. The number of allylic oxidation sites excluding steroid dienone is 3. The van der Waals surface area contributed by atoms with E-state index in [9.17, 15) is 4.79 Å². The molecule has 3 heterocycles. The van der Waals surface area contributed by atoms with Crippen LogP contribution in [0.3, 0.4) is 0 Å². The summed E-state index contributed by atoms with van der Waals surface area (Å²) >= 11 is 6.39. The second-order valence-corrected chi connectivity index (χ2v) is 6.69. The molecule has 3 unspecified atom stereocenters. The number of carbonyl (C=O) groups is 1. The topological polar surface area (TPSA) is 57.3 Å². The van der Waals surface area contributed by atoms with Crippen LogP contribution in [0, 0.1) is 12.3 Å². The smallest absolute Gasteiger partial charge is 0.173 e. The number of aromatic nitrogens is 1. The molecule has 0 saturated carbocycles. The van der Waals surface area contributed by atoms with Crippen LogP contribution in [-0.4, -0.2) is 22.9 Å². The van der Waals surface area contributed by atoms with Crippen LogP contribution in [0.2, 0.25) is 5.15 Å². The predicted octanol–water partition coefficient (Wildman–Crippen LogP) is 2.64. The summed E-state index contributed by atoms with van der Waals surface area (Å²) in [6, 6.07) is 3.76. The largest absolute Gasteiger partial charge is 0.383 e. The van der Waals surface area contributed by atoms with Crippen molar-refractivity contribution in [2.24, 2.45) is 5.41 Å². The first-order valence-electron chi connectivity index (χ1n) is 8.14. The van der Waals surface area contributed by atoms with Crippen LogP contribution in [0.1, 0.15) is 19.0 Å². The number of anilines is 1. The number of aryl methyl sites for hydroxylation is 1. The Labute approximate surface area is 146 Å². The molecule has 0 bridgehead atoms. The first-order valence-corrected chi connectivity index (χ1v) is 8.52. The van der Waals surface area contributed by atoms with Crippen molar-refractivity contribution < 1.29 is 4.79 Å². The number of halogens is 1. The summed E-state index contributed by atoms with van der Waals surface area (Å²) in [4.78, 5) is 17.4. The summed E-state index contributed by atoms with van der Waals surface area (Å²) in [7, 11) is 0. The minimum atomic E-state index is -0.660. The standard InChI is InChI=1S/C18H19ClN4O/c1-3-13-18-14(20-10-9-16(18)24)5-4-6-15(18)23(22-13)12-8-7-11(2)21-17(12)19/h4-10,13-14,20,22H,3H2,1-2H3. The maximum atomic E-state index is 13.0. The van der Waals surface area contributed by atoms with Gasteiger partial charge in [0.1, 0.15) is 5.41 Å². The normalized spacial score (nSPS) is 30.7. The average Bonchev–Trinajstić information content (AvgIpc) is 2.90. The molecule has 2 N–H and O–H groups in total. The number of rotatable bonds is 2. The molecule has 1 fully saturated rings. The predicted molar refractivity (Wildman–Crippen MR) is 94.4 cm³/mol. The van der Waals surface area contributed by atoms with Gasteiger partial charge in [0.25, 0.3) is 0 Å². The molecule has 0 amide bonds. The van der Waals surface area contributed by atoms with E-state index in [1.807, 2.05) is 42.3 Å². The molecule has 3 atom stereocenters. The third-order valence-corrected chi connectivity index (χ3v) is 5.36. The van der Waals surface area contributed by atoms with E-state index in [0.717, 1.165) is 23.5 Å². The fourth-order valence-corrected chi connectivity index (χ4v) is 4.27. The Morgan fingerprint density at radius 1 is 1.42 bits per heavy atom. The summed E-state index contributed by atoms with van der Waals surface area (Å²) < 4.78 is 0. The number of hydrogen-bond donors (Lipinski definition) is 2. The molecule has 1 aromatic heterocycles. The molecule has 2 aliphatic heterocycles. The lowest BCUT2D eigenvalue weighted by molar-refractivity contribution is -0.124. The highest BCUT2D eigenvalue weighted by molar-refractivity contribution is 6.32. The van der Waals surface area contributed by atoms with E-state index < -0.39 is 5.41 Å². The monoisotopic (exact) mass is 342 g/mol. The lowest BCUT2D eigenvalue weighted by atomic mass is 9.65. The van der Waals surface area contributed by atoms with Gasteiger partial charge in [0.15, 0.2) is 10.9 Å². The molecule has 1 aromatic rings. The lowest BCUT2D eigenvalue weighted by Crippen LogP contribution is -2.57. The SMILES string of the molecule is CCC1NN(c2ccc(C)nc2Cl)C2=CC=CC3NC=CC(=O)C231. The van der Waals surface area contributed by atoms with Crippen LogP contribution in [-0.2, 0) is 4.79 Å². The van der Waals surface area contributed by atoms with Gasteiger partial charge in [-0.15, -0.1) is 0 Å². The van der Waals surface area contributed by atoms with Gasteiger partial charge in [-0.05, 0) is 37.6 Å². The van der Waals surface area contributed by atoms with Crippen LogP contribution in [0.25, 0.3) is 0 Å². The van der Waals surface area contributed by atoms with E-state index >= 15 is 0 Å². The summed E-state index contributed by atoms with van der Waals surface area (Å²) in [6.07, 6.45) is 10.2. The Balaban J connectivity index is 1.88. The van der Waals surface area contributed by atoms with Crippen LogP contribution < -0.4 is 15.8 Å². The highest BCUT2D eigenvalue weighted by atomic mass is 35.5. The first kappa shape index (κ1) is 15.4. The molecule has 0 radical (unpaired) electrons. The van der Waals surface area contributed by atoms with Crippen molar-refractivity contribution in [3.05, 3.63) is 59.2 Å². The zero-order valence-corrected chi connectivity index (χ0v) is 14.3. The Bertz CT molecular complexity index is 800. The van der Waals surface area contributed by atoms with Crippen molar-refractivity contribution in [2.75, 3.05) is 5.01 Å². The van der Waals surface area contributed by atoms with Gasteiger partial charge < -0.3 is 5.32 Å². The van der Waals surface area contributed by atoms with Crippen LogP contribution in [0.5, 0.6) is 0 Å². The van der Waals surface area contributed by atoms with Gasteiger partial charge >= 0.3 is 0 Å². The van der Waals surface area contributed by atoms with Gasteiger partial charge in [-0.1, -0.05) is 30.7 Å². The molecule has 1 saturated heterocycles. The number of pyridine rings is 1. The van der Waals surface area contributed by atoms with E-state index in [2.05, 4.69) is 22.7 Å². The molecule has 0 aromatic carbocycles. The molecule has 24 heavy (non-hydrogen) atoms. The van der Waals surface area contributed by atoms with Crippen molar-refractivity contribution in [3.8, 4) is 0 Å². The quantitative estimate of drug-likeness (QED) is 0.809. The van der Waals surface area contributed by atoms with Gasteiger partial charge in [0.05, 0.1) is 17.4 Å². The van der Waals surface area contributed by atoms with Crippen molar-refractivity contribution in [1.82, 2.24) is 15.7 Å². The van der Waals surface area contributed by atoms with E-state index in [1.54, 1.807) is 12.3 Å². The van der Waals surface area contributed by atoms with Crippen molar-refractivity contribution in [1.29, 1.82) is 0 Å². The molecular formula is C18H19ClN4O. The summed E-state index contributed by atoms with van der Waals surface area (Å²) in [6.45, 7) is 3.99. The molecule has 1 spiro atoms. The Kier molecular flexibility index (Phi) is 3.51. The highest BCUT2D eigenvalue weighted by Crippen LogP contribution is 2.49. The third-order valence-electron chi connectivity index (χ3n) is 5.08. The van der Waals surface area contributed by atoms with E-state index in [1.165, 1.54) is 0 Å². The second-order valence-electron chi connectivity index (χ2n) is 6.34. The van der Waals surface area contributed by atoms with Crippen LogP contribution >= 0.6 is 11.6 Å². The average molecular weight is 343 g/mol. The third kappa shape index (κ3) is 1.91. The zero-order chi connectivity index (χ0) is 16.9. The van der Waals surface area contributed by atoms with Gasteiger partial charge in [0, 0.05) is 17.9 Å². The van der Waals surface area contributed by atoms with E-state index in [-0.39, 0.29) is 17.9 Å². The number of ketones is 1. The fraction of sp³-hybridized carbons (Fsp3) is 0.333. The van der Waals surface area contributed by atoms with Crippen LogP contribution in [0.15, 0.2) is 48.3 Å². The molecule has 1 aliphatic carbocycles. The summed E-state index contributed by atoms with van der Waals surface area (Å²) in [5.41, 5.74) is 5.36. The molecular weight excluding hydrogens is 324 g/mol. The number of carbonyl (C=O) groups excluding carboxylic acids is 1. The number of nitrogens with one attached hydrogen (secondary N) is 2. The summed E-state index contributed by atoms with van der Waals surface area (Å²) in [5, 5.41) is 5.68. The maximum Gasteiger partial charge on any atom is 0.173 e. The van der Waals surface area contributed by atoms with E-state index in [0.29, 0.717) is 5.15 Å². The molecule has 6 heteroatoms. The number of nitrogens with zero attached hydrogens (tertiary/aromatic N) is 2. The van der Waals surface area contributed by atoms with Gasteiger partial charge in [-0.25, -0.2) is 10.4 Å². The molecule has 124 valence electrons.